The van der Waals surface area contributed by atoms with Gasteiger partial charge in [-0.1, -0.05) is 72.3 Å². The third-order valence-electron chi connectivity index (χ3n) is 4.00. The summed E-state index contributed by atoms with van der Waals surface area (Å²) in [5, 5.41) is 11.2. The summed E-state index contributed by atoms with van der Waals surface area (Å²) in [5.74, 6) is -0.994. The molecule has 120 valence electrons. The molecule has 0 spiro atoms. The van der Waals surface area contributed by atoms with E-state index in [-0.39, 0.29) is 5.56 Å². The molecule has 3 aromatic carbocycles. The quantitative estimate of drug-likeness (QED) is 0.744. The van der Waals surface area contributed by atoms with Gasteiger partial charge in [-0.3, -0.25) is 0 Å². The number of carboxylic acids is 1. The minimum absolute atomic E-state index is 0.183. The Morgan fingerprint density at radius 1 is 0.750 bits per heavy atom. The highest BCUT2D eigenvalue weighted by molar-refractivity contribution is 7.85. The molecule has 0 aliphatic rings. The number of carbonyl (C=O) groups is 1. The molecule has 4 heteroatoms. The molecule has 24 heavy (non-hydrogen) atoms. The third kappa shape index (κ3) is 2.91. The SMILES string of the molecule is Cc1ccc(P(=O)(c2ccccc2)c2ccc(C(=O)O)cc2)cc1. The van der Waals surface area contributed by atoms with Gasteiger partial charge in [0.05, 0.1) is 5.56 Å². The third-order valence-corrected chi connectivity index (χ3v) is 7.07. The number of aromatic carboxylic acids is 1. The summed E-state index contributed by atoms with van der Waals surface area (Å²) in [6.07, 6.45) is 0. The molecule has 0 aliphatic heterocycles. The van der Waals surface area contributed by atoms with Crippen LogP contribution in [-0.4, -0.2) is 11.1 Å². The fourth-order valence-electron chi connectivity index (χ4n) is 2.65. The van der Waals surface area contributed by atoms with E-state index < -0.39 is 13.1 Å². The van der Waals surface area contributed by atoms with Crippen LogP contribution in [0.25, 0.3) is 0 Å². The largest absolute Gasteiger partial charge is 0.478 e. The van der Waals surface area contributed by atoms with E-state index >= 15 is 0 Å². The van der Waals surface area contributed by atoms with Crippen molar-refractivity contribution in [1.82, 2.24) is 0 Å². The fourth-order valence-corrected chi connectivity index (χ4v) is 5.28. The van der Waals surface area contributed by atoms with E-state index in [1.54, 1.807) is 12.1 Å². The van der Waals surface area contributed by atoms with Crippen LogP contribution >= 0.6 is 7.14 Å². The molecule has 0 saturated heterocycles. The number of hydrogen-bond donors (Lipinski definition) is 1. The van der Waals surface area contributed by atoms with Crippen LogP contribution in [-0.2, 0) is 4.57 Å². The molecule has 3 aromatic rings. The van der Waals surface area contributed by atoms with Crippen LogP contribution < -0.4 is 15.9 Å². The standard InChI is InChI=1S/C20H17O3P/c1-15-7-11-18(12-8-15)24(23,17-5-3-2-4-6-17)19-13-9-16(10-14-19)20(21)22/h2-14H,1H3,(H,21,22). The monoisotopic (exact) mass is 336 g/mol. The molecule has 0 fully saturated rings. The van der Waals surface area contributed by atoms with Crippen LogP contribution in [0.2, 0.25) is 0 Å². The summed E-state index contributed by atoms with van der Waals surface area (Å²) in [7, 11) is -3.04. The van der Waals surface area contributed by atoms with Gasteiger partial charge in [0.1, 0.15) is 0 Å². The summed E-state index contributed by atoms with van der Waals surface area (Å²) in [6, 6.07) is 23.3. The highest BCUT2D eigenvalue weighted by Gasteiger charge is 2.29. The Morgan fingerprint density at radius 2 is 1.21 bits per heavy atom. The topological polar surface area (TPSA) is 54.4 Å². The van der Waals surface area contributed by atoms with Crippen LogP contribution in [0.15, 0.2) is 78.9 Å². The Bertz CT molecular complexity index is 898. The Balaban J connectivity index is 2.21. The molecular formula is C20H17O3P. The minimum Gasteiger partial charge on any atom is -0.478 e. The zero-order valence-electron chi connectivity index (χ0n) is 13.2. The average Bonchev–Trinajstić information content (AvgIpc) is 2.62. The molecular weight excluding hydrogens is 319 g/mol. The molecule has 1 N–H and O–H groups in total. The predicted molar refractivity (Wildman–Crippen MR) is 97.5 cm³/mol. The van der Waals surface area contributed by atoms with Crippen molar-refractivity contribution in [3.63, 3.8) is 0 Å². The van der Waals surface area contributed by atoms with E-state index in [4.69, 9.17) is 5.11 Å². The molecule has 0 saturated carbocycles. The van der Waals surface area contributed by atoms with Gasteiger partial charge in [-0.25, -0.2) is 4.79 Å². The molecule has 0 radical (unpaired) electrons. The molecule has 0 aromatic heterocycles. The summed E-state index contributed by atoms with van der Waals surface area (Å²) in [4.78, 5) is 11.1. The maximum atomic E-state index is 14.1. The first kappa shape index (κ1) is 16.2. The van der Waals surface area contributed by atoms with Crippen LogP contribution in [0.1, 0.15) is 15.9 Å². The zero-order valence-corrected chi connectivity index (χ0v) is 14.1. The molecule has 0 heterocycles. The molecule has 3 nitrogen and oxygen atoms in total. The van der Waals surface area contributed by atoms with Gasteiger partial charge in [0.25, 0.3) is 0 Å². The molecule has 1 unspecified atom stereocenters. The maximum Gasteiger partial charge on any atom is 0.335 e. The van der Waals surface area contributed by atoms with Crippen molar-refractivity contribution in [1.29, 1.82) is 0 Å². The summed E-state index contributed by atoms with van der Waals surface area (Å²) in [6.45, 7) is 1.98. The maximum absolute atomic E-state index is 14.1. The van der Waals surface area contributed by atoms with Gasteiger partial charge >= 0.3 is 5.97 Å². The molecule has 3 rings (SSSR count). The summed E-state index contributed by atoms with van der Waals surface area (Å²) in [5.41, 5.74) is 1.28. The highest BCUT2D eigenvalue weighted by Crippen LogP contribution is 2.42. The lowest BCUT2D eigenvalue weighted by Crippen LogP contribution is -2.25. The van der Waals surface area contributed by atoms with Crippen molar-refractivity contribution in [2.45, 2.75) is 6.92 Å². The van der Waals surface area contributed by atoms with E-state index in [0.717, 1.165) is 16.2 Å². The van der Waals surface area contributed by atoms with Gasteiger partial charge in [-0.15, -0.1) is 0 Å². The van der Waals surface area contributed by atoms with Gasteiger partial charge in [0.15, 0.2) is 7.14 Å². The van der Waals surface area contributed by atoms with Crippen LogP contribution in [0, 0.1) is 6.92 Å². The molecule has 1 atom stereocenters. The molecule has 0 amide bonds. The van der Waals surface area contributed by atoms with Gasteiger partial charge in [0, 0.05) is 15.9 Å². The second kappa shape index (κ2) is 6.46. The fraction of sp³-hybridized carbons (Fsp3) is 0.0500. The van der Waals surface area contributed by atoms with Crippen LogP contribution in [0.3, 0.4) is 0 Å². The predicted octanol–water partition coefficient (Wildman–Crippen LogP) is 3.33. The van der Waals surface area contributed by atoms with E-state index in [0.29, 0.717) is 5.30 Å². The Hall–Kier alpha value is -2.64. The second-order valence-electron chi connectivity index (χ2n) is 5.63. The Labute approximate surface area is 141 Å². The van der Waals surface area contributed by atoms with Gasteiger partial charge in [-0.2, -0.15) is 0 Å². The van der Waals surface area contributed by atoms with Crippen LogP contribution in [0.5, 0.6) is 0 Å². The Kier molecular flexibility index (Phi) is 4.37. The van der Waals surface area contributed by atoms with Gasteiger partial charge < -0.3 is 9.67 Å². The zero-order chi connectivity index (χ0) is 17.2. The van der Waals surface area contributed by atoms with Crippen molar-refractivity contribution in [2.75, 3.05) is 0 Å². The molecule has 0 bridgehead atoms. The van der Waals surface area contributed by atoms with Crippen molar-refractivity contribution in [3.8, 4) is 0 Å². The number of rotatable bonds is 4. The second-order valence-corrected chi connectivity index (χ2v) is 8.40. The van der Waals surface area contributed by atoms with Crippen molar-refractivity contribution >= 4 is 29.0 Å². The lowest BCUT2D eigenvalue weighted by atomic mass is 10.2. The normalized spacial score (nSPS) is 13.2. The smallest absolute Gasteiger partial charge is 0.335 e. The van der Waals surface area contributed by atoms with E-state index in [9.17, 15) is 9.36 Å². The number of benzene rings is 3. The highest BCUT2D eigenvalue weighted by atomic mass is 31.2. The lowest BCUT2D eigenvalue weighted by Gasteiger charge is -2.20. The van der Waals surface area contributed by atoms with E-state index in [1.165, 1.54) is 12.1 Å². The summed E-state index contributed by atoms with van der Waals surface area (Å²) >= 11 is 0. The molecule has 0 aliphatic carbocycles. The van der Waals surface area contributed by atoms with Crippen molar-refractivity contribution in [2.24, 2.45) is 0 Å². The first-order chi connectivity index (χ1) is 11.5. The van der Waals surface area contributed by atoms with E-state index in [1.807, 2.05) is 61.5 Å². The van der Waals surface area contributed by atoms with Gasteiger partial charge in [0.2, 0.25) is 0 Å². The van der Waals surface area contributed by atoms with Crippen molar-refractivity contribution < 1.29 is 14.5 Å². The van der Waals surface area contributed by atoms with Crippen molar-refractivity contribution in [3.05, 3.63) is 90.0 Å². The average molecular weight is 336 g/mol. The summed E-state index contributed by atoms with van der Waals surface area (Å²) < 4.78 is 14.1. The van der Waals surface area contributed by atoms with E-state index in [2.05, 4.69) is 0 Å². The Morgan fingerprint density at radius 3 is 1.71 bits per heavy atom. The number of aryl methyl sites for hydroxylation is 1. The number of carboxylic acid groups (broad SMARTS) is 1. The first-order valence-corrected chi connectivity index (χ1v) is 9.29. The lowest BCUT2D eigenvalue weighted by molar-refractivity contribution is 0.0697. The number of hydrogen-bond acceptors (Lipinski definition) is 2. The van der Waals surface area contributed by atoms with Crippen LogP contribution in [0.4, 0.5) is 0 Å². The minimum atomic E-state index is -3.04. The first-order valence-electron chi connectivity index (χ1n) is 7.58. The van der Waals surface area contributed by atoms with Gasteiger partial charge in [-0.05, 0) is 19.1 Å².